The molecule has 0 saturated carbocycles. The van der Waals surface area contributed by atoms with Gasteiger partial charge in [-0.05, 0) is 38.0 Å². The van der Waals surface area contributed by atoms with Crippen molar-refractivity contribution in [1.82, 2.24) is 15.0 Å². The van der Waals surface area contributed by atoms with Crippen LogP contribution in [0.4, 0.5) is 5.82 Å². The van der Waals surface area contributed by atoms with E-state index in [2.05, 4.69) is 53.8 Å². The molecule has 3 aromatic rings. The van der Waals surface area contributed by atoms with Gasteiger partial charge in [-0.2, -0.15) is 9.97 Å². The van der Waals surface area contributed by atoms with E-state index in [1.54, 1.807) is 0 Å². The van der Waals surface area contributed by atoms with Crippen LogP contribution in [-0.2, 0) is 0 Å². The number of anilines is 1. The van der Waals surface area contributed by atoms with Crippen LogP contribution in [-0.4, -0.2) is 46.4 Å². The van der Waals surface area contributed by atoms with Gasteiger partial charge >= 0.3 is 6.01 Å². The van der Waals surface area contributed by atoms with E-state index in [0.29, 0.717) is 0 Å². The SMILES string of the molecule is CC.CCCN(CCC)c1nc(OCCO)nc2ccc(-c3cccc(C)c3)nc12. The molecule has 0 radical (unpaired) electrons. The Bertz CT molecular complexity index is 924. The molecule has 2 aromatic heterocycles. The molecule has 0 aliphatic rings. The third-order valence-corrected chi connectivity index (χ3v) is 4.43. The maximum atomic E-state index is 9.07. The summed E-state index contributed by atoms with van der Waals surface area (Å²) in [5.41, 5.74) is 4.69. The highest BCUT2D eigenvalue weighted by Crippen LogP contribution is 2.28. The predicted octanol–water partition coefficient (Wildman–Crippen LogP) is 5.02. The Labute approximate surface area is 180 Å². The van der Waals surface area contributed by atoms with Crippen LogP contribution in [0, 0.1) is 6.92 Å². The van der Waals surface area contributed by atoms with Crippen molar-refractivity contribution in [2.24, 2.45) is 0 Å². The van der Waals surface area contributed by atoms with Crippen LogP contribution < -0.4 is 9.64 Å². The minimum atomic E-state index is -0.0745. The van der Waals surface area contributed by atoms with Gasteiger partial charge in [0.25, 0.3) is 0 Å². The van der Waals surface area contributed by atoms with E-state index in [4.69, 9.17) is 14.8 Å². The second-order valence-corrected chi connectivity index (χ2v) is 6.82. The molecule has 6 heteroatoms. The van der Waals surface area contributed by atoms with Crippen molar-refractivity contribution < 1.29 is 9.84 Å². The summed E-state index contributed by atoms with van der Waals surface area (Å²) in [4.78, 5) is 16.3. The van der Waals surface area contributed by atoms with E-state index >= 15 is 0 Å². The van der Waals surface area contributed by atoms with Gasteiger partial charge in [0.2, 0.25) is 0 Å². The quantitative estimate of drug-likeness (QED) is 0.534. The summed E-state index contributed by atoms with van der Waals surface area (Å²) >= 11 is 0. The number of aliphatic hydroxyl groups is 1. The molecule has 2 heterocycles. The fourth-order valence-electron chi connectivity index (χ4n) is 3.23. The van der Waals surface area contributed by atoms with Crippen LogP contribution in [0.2, 0.25) is 0 Å². The van der Waals surface area contributed by atoms with Gasteiger partial charge in [0.05, 0.1) is 17.8 Å². The highest BCUT2D eigenvalue weighted by molar-refractivity contribution is 5.88. The summed E-state index contributed by atoms with van der Waals surface area (Å²) in [5.74, 6) is 0.788. The number of pyridine rings is 1. The summed E-state index contributed by atoms with van der Waals surface area (Å²) in [7, 11) is 0. The monoisotopic (exact) mass is 410 g/mol. The van der Waals surface area contributed by atoms with E-state index in [-0.39, 0.29) is 19.2 Å². The minimum absolute atomic E-state index is 0.0745. The highest BCUT2D eigenvalue weighted by Gasteiger charge is 2.17. The average Bonchev–Trinajstić information content (AvgIpc) is 2.78. The van der Waals surface area contributed by atoms with Gasteiger partial charge in [-0.15, -0.1) is 0 Å². The lowest BCUT2D eigenvalue weighted by Gasteiger charge is -2.24. The standard InChI is InChI=1S/C22H28N4O2.C2H6/c1-4-11-26(12-5-2)21-20-19(24-22(25-21)28-14-13-27)10-9-18(23-20)17-8-6-7-16(3)15-17;1-2/h6-10,15,27H,4-5,11-14H2,1-3H3;1-2H3. The number of benzene rings is 1. The van der Waals surface area contributed by atoms with E-state index < -0.39 is 0 Å². The first kappa shape index (κ1) is 23.5. The summed E-state index contributed by atoms with van der Waals surface area (Å²) in [6, 6.07) is 12.5. The fourth-order valence-corrected chi connectivity index (χ4v) is 3.23. The van der Waals surface area contributed by atoms with Crippen LogP contribution in [0.15, 0.2) is 36.4 Å². The van der Waals surface area contributed by atoms with E-state index in [0.717, 1.165) is 54.0 Å². The molecule has 0 amide bonds. The normalized spacial score (nSPS) is 10.5. The maximum Gasteiger partial charge on any atom is 0.319 e. The van der Waals surface area contributed by atoms with Crippen molar-refractivity contribution in [3.05, 3.63) is 42.0 Å². The smallest absolute Gasteiger partial charge is 0.319 e. The van der Waals surface area contributed by atoms with Gasteiger partial charge in [-0.1, -0.05) is 51.5 Å². The van der Waals surface area contributed by atoms with Crippen LogP contribution in [0.5, 0.6) is 6.01 Å². The first-order chi connectivity index (χ1) is 14.7. The van der Waals surface area contributed by atoms with Crippen molar-refractivity contribution in [3.8, 4) is 17.3 Å². The molecule has 0 aliphatic carbocycles. The molecule has 0 unspecified atom stereocenters. The minimum Gasteiger partial charge on any atom is -0.461 e. The lowest BCUT2D eigenvalue weighted by molar-refractivity contribution is 0.192. The second-order valence-electron chi connectivity index (χ2n) is 6.82. The van der Waals surface area contributed by atoms with Crippen molar-refractivity contribution >= 4 is 16.9 Å². The Kier molecular flexibility index (Phi) is 9.48. The van der Waals surface area contributed by atoms with Crippen molar-refractivity contribution in [3.63, 3.8) is 0 Å². The van der Waals surface area contributed by atoms with E-state index in [1.807, 2.05) is 32.0 Å². The number of aliphatic hydroxyl groups excluding tert-OH is 1. The van der Waals surface area contributed by atoms with Crippen LogP contribution >= 0.6 is 0 Å². The molecular formula is C24H34N4O2. The molecule has 1 aromatic carbocycles. The molecule has 0 fully saturated rings. The average molecular weight is 411 g/mol. The molecule has 3 rings (SSSR count). The Morgan fingerprint density at radius 2 is 1.70 bits per heavy atom. The summed E-state index contributed by atoms with van der Waals surface area (Å²) in [6.07, 6.45) is 2.02. The molecule has 0 bridgehead atoms. The zero-order valence-electron chi connectivity index (χ0n) is 18.9. The zero-order valence-corrected chi connectivity index (χ0v) is 18.9. The Morgan fingerprint density at radius 1 is 0.967 bits per heavy atom. The van der Waals surface area contributed by atoms with Gasteiger partial charge < -0.3 is 14.7 Å². The van der Waals surface area contributed by atoms with Gasteiger partial charge in [-0.3, -0.25) is 0 Å². The van der Waals surface area contributed by atoms with Gasteiger partial charge in [0.15, 0.2) is 5.82 Å². The zero-order chi connectivity index (χ0) is 21.9. The molecule has 30 heavy (non-hydrogen) atoms. The lowest BCUT2D eigenvalue weighted by Crippen LogP contribution is -2.26. The van der Waals surface area contributed by atoms with Crippen LogP contribution in [0.1, 0.15) is 46.1 Å². The Hall–Kier alpha value is -2.73. The van der Waals surface area contributed by atoms with Crippen LogP contribution in [0.25, 0.3) is 22.3 Å². The number of nitrogens with zero attached hydrogens (tertiary/aromatic N) is 4. The number of rotatable bonds is 9. The fraction of sp³-hybridized carbons (Fsp3) is 0.458. The Morgan fingerprint density at radius 3 is 2.33 bits per heavy atom. The summed E-state index contributed by atoms with van der Waals surface area (Å²) in [5, 5.41) is 9.07. The second kappa shape index (κ2) is 12.1. The summed E-state index contributed by atoms with van der Waals surface area (Å²) in [6.45, 7) is 12.2. The Balaban J connectivity index is 0.00000155. The highest BCUT2D eigenvalue weighted by atomic mass is 16.5. The molecule has 0 spiro atoms. The maximum absolute atomic E-state index is 9.07. The first-order valence-corrected chi connectivity index (χ1v) is 10.9. The van der Waals surface area contributed by atoms with Crippen molar-refractivity contribution in [2.75, 3.05) is 31.2 Å². The van der Waals surface area contributed by atoms with Crippen molar-refractivity contribution in [1.29, 1.82) is 0 Å². The number of hydrogen-bond donors (Lipinski definition) is 1. The summed E-state index contributed by atoms with van der Waals surface area (Å²) < 4.78 is 5.51. The number of fused-ring (bicyclic) bond motifs is 1. The molecule has 1 N–H and O–H groups in total. The molecule has 0 atom stereocenters. The number of aromatic nitrogens is 3. The molecular weight excluding hydrogens is 376 g/mol. The predicted molar refractivity (Wildman–Crippen MR) is 124 cm³/mol. The molecule has 6 nitrogen and oxygen atoms in total. The van der Waals surface area contributed by atoms with E-state index in [1.165, 1.54) is 5.56 Å². The third-order valence-electron chi connectivity index (χ3n) is 4.43. The number of ether oxygens (including phenoxy) is 1. The molecule has 0 aliphatic heterocycles. The topological polar surface area (TPSA) is 71.4 Å². The molecule has 0 saturated heterocycles. The van der Waals surface area contributed by atoms with Gasteiger partial charge in [0.1, 0.15) is 12.1 Å². The van der Waals surface area contributed by atoms with E-state index in [9.17, 15) is 0 Å². The number of hydrogen-bond acceptors (Lipinski definition) is 6. The number of aryl methyl sites for hydroxylation is 1. The van der Waals surface area contributed by atoms with Crippen LogP contribution in [0.3, 0.4) is 0 Å². The van der Waals surface area contributed by atoms with Crippen molar-refractivity contribution in [2.45, 2.75) is 47.5 Å². The lowest BCUT2D eigenvalue weighted by atomic mass is 10.1. The largest absolute Gasteiger partial charge is 0.461 e. The first-order valence-electron chi connectivity index (χ1n) is 10.9. The van der Waals surface area contributed by atoms with Gasteiger partial charge in [0, 0.05) is 18.7 Å². The third kappa shape index (κ3) is 5.89. The van der Waals surface area contributed by atoms with Gasteiger partial charge in [-0.25, -0.2) is 4.98 Å². The molecule has 162 valence electrons.